The van der Waals surface area contributed by atoms with E-state index < -0.39 is 6.10 Å². The molecule has 2 aromatic rings. The van der Waals surface area contributed by atoms with Crippen LogP contribution in [0.5, 0.6) is 0 Å². The second kappa shape index (κ2) is 5.50. The third-order valence-corrected chi connectivity index (χ3v) is 3.19. The lowest BCUT2D eigenvalue weighted by Crippen LogP contribution is -2.17. The third kappa shape index (κ3) is 2.89. The molecule has 0 fully saturated rings. The number of aryl methyl sites for hydroxylation is 1. The van der Waals surface area contributed by atoms with Crippen LogP contribution in [0.3, 0.4) is 0 Å². The topological polar surface area (TPSA) is 38.0 Å². The van der Waals surface area contributed by atoms with Gasteiger partial charge in [-0.05, 0) is 12.1 Å². The van der Waals surface area contributed by atoms with E-state index >= 15 is 0 Å². The monoisotopic (exact) mass is 268 g/mol. The molecule has 3 nitrogen and oxygen atoms in total. The molecule has 0 radical (unpaired) electrons. The van der Waals surface area contributed by atoms with Gasteiger partial charge in [-0.15, -0.1) is 0 Å². The Labute approximate surface area is 110 Å². The van der Waals surface area contributed by atoms with E-state index in [0.717, 1.165) is 5.82 Å². The molecule has 96 valence electrons. The Bertz CT molecular complexity index is 521. The van der Waals surface area contributed by atoms with E-state index in [-0.39, 0.29) is 12.2 Å². The number of aliphatic hydroxyl groups excluding tert-OH is 1. The molecular formula is C13H14ClFN2O. The van der Waals surface area contributed by atoms with E-state index in [1.807, 2.05) is 11.6 Å². The third-order valence-electron chi connectivity index (χ3n) is 2.84. The van der Waals surface area contributed by atoms with Crippen LogP contribution in [0.2, 0.25) is 5.02 Å². The van der Waals surface area contributed by atoms with Gasteiger partial charge in [0.2, 0.25) is 0 Å². The van der Waals surface area contributed by atoms with Gasteiger partial charge in [0.05, 0.1) is 6.10 Å². The van der Waals surface area contributed by atoms with Crippen molar-refractivity contribution in [3.05, 3.63) is 52.8 Å². The maximum Gasteiger partial charge on any atom is 0.127 e. The van der Waals surface area contributed by atoms with Gasteiger partial charge < -0.3 is 9.67 Å². The highest BCUT2D eigenvalue weighted by molar-refractivity contribution is 6.31. The second-order valence-corrected chi connectivity index (χ2v) is 4.62. The zero-order chi connectivity index (χ0) is 13.1. The minimum atomic E-state index is -0.708. The summed E-state index contributed by atoms with van der Waals surface area (Å²) < 4.78 is 15.4. The van der Waals surface area contributed by atoms with Gasteiger partial charge in [-0.1, -0.05) is 17.7 Å². The number of halogens is 2. The van der Waals surface area contributed by atoms with Crippen molar-refractivity contribution in [1.82, 2.24) is 9.55 Å². The minimum absolute atomic E-state index is 0.179. The Morgan fingerprint density at radius 2 is 2.22 bits per heavy atom. The van der Waals surface area contributed by atoms with Crippen molar-refractivity contribution in [3.63, 3.8) is 0 Å². The first-order chi connectivity index (χ1) is 8.58. The lowest BCUT2D eigenvalue weighted by Gasteiger charge is -2.12. The van der Waals surface area contributed by atoms with Crippen molar-refractivity contribution in [1.29, 1.82) is 0 Å². The summed E-state index contributed by atoms with van der Waals surface area (Å²) in [6.45, 7) is 0. The summed E-state index contributed by atoms with van der Waals surface area (Å²) in [6.07, 6.45) is 3.31. The van der Waals surface area contributed by atoms with Crippen molar-refractivity contribution >= 4 is 11.6 Å². The Kier molecular flexibility index (Phi) is 3.99. The van der Waals surface area contributed by atoms with Gasteiger partial charge >= 0.3 is 0 Å². The summed E-state index contributed by atoms with van der Waals surface area (Å²) in [6, 6.07) is 4.51. The Balaban J connectivity index is 2.08. The van der Waals surface area contributed by atoms with Gasteiger partial charge in [-0.3, -0.25) is 0 Å². The summed E-state index contributed by atoms with van der Waals surface area (Å²) in [5.41, 5.74) is 0.348. The smallest absolute Gasteiger partial charge is 0.127 e. The van der Waals surface area contributed by atoms with E-state index in [1.54, 1.807) is 24.5 Å². The number of imidazole rings is 1. The normalized spacial score (nSPS) is 12.7. The van der Waals surface area contributed by atoms with Crippen LogP contribution in [0.15, 0.2) is 30.6 Å². The van der Waals surface area contributed by atoms with Crippen LogP contribution in [0.4, 0.5) is 4.39 Å². The van der Waals surface area contributed by atoms with Crippen LogP contribution in [0.25, 0.3) is 0 Å². The number of benzene rings is 1. The second-order valence-electron chi connectivity index (χ2n) is 4.22. The quantitative estimate of drug-likeness (QED) is 0.924. The lowest BCUT2D eigenvalue weighted by atomic mass is 10.0. The molecule has 0 aliphatic carbocycles. The number of aliphatic hydroxyl groups is 1. The fourth-order valence-corrected chi connectivity index (χ4v) is 2.08. The summed E-state index contributed by atoms with van der Waals surface area (Å²) in [7, 11) is 1.85. The predicted octanol–water partition coefficient (Wildman–Crippen LogP) is 2.36. The molecule has 1 N–H and O–H groups in total. The zero-order valence-electron chi connectivity index (χ0n) is 9.98. The molecule has 1 heterocycles. The van der Waals surface area contributed by atoms with Gasteiger partial charge in [-0.25, -0.2) is 9.37 Å². The van der Waals surface area contributed by atoms with Crippen LogP contribution in [0, 0.1) is 5.82 Å². The molecule has 0 spiro atoms. The molecule has 0 saturated carbocycles. The number of hydrogen-bond donors (Lipinski definition) is 1. The molecule has 1 unspecified atom stereocenters. The molecule has 0 aliphatic rings. The van der Waals surface area contributed by atoms with Crippen molar-refractivity contribution in [2.24, 2.45) is 7.05 Å². The molecule has 1 atom stereocenters. The number of nitrogens with zero attached hydrogens (tertiary/aromatic N) is 2. The van der Waals surface area contributed by atoms with Crippen molar-refractivity contribution in [3.8, 4) is 0 Å². The molecule has 5 heteroatoms. The largest absolute Gasteiger partial charge is 0.392 e. The fraction of sp³-hybridized carbons (Fsp3) is 0.308. The van der Waals surface area contributed by atoms with Gasteiger partial charge in [0.1, 0.15) is 11.6 Å². The highest BCUT2D eigenvalue weighted by atomic mass is 35.5. The molecule has 1 aromatic carbocycles. The molecule has 1 aromatic heterocycles. The number of hydrogen-bond acceptors (Lipinski definition) is 2. The first-order valence-electron chi connectivity index (χ1n) is 5.65. The molecule has 2 rings (SSSR count). The van der Waals surface area contributed by atoms with Crippen molar-refractivity contribution in [2.45, 2.75) is 18.9 Å². The Morgan fingerprint density at radius 1 is 1.44 bits per heavy atom. The van der Waals surface area contributed by atoms with Crippen LogP contribution < -0.4 is 0 Å². The first-order valence-corrected chi connectivity index (χ1v) is 6.03. The molecule has 0 bridgehead atoms. The average molecular weight is 269 g/mol. The molecule has 0 amide bonds. The molecule has 18 heavy (non-hydrogen) atoms. The van der Waals surface area contributed by atoms with Crippen molar-refractivity contribution in [2.75, 3.05) is 0 Å². The highest BCUT2D eigenvalue weighted by Crippen LogP contribution is 2.21. The number of aromatic nitrogens is 2. The summed E-state index contributed by atoms with van der Waals surface area (Å²) in [5, 5.41) is 10.3. The van der Waals surface area contributed by atoms with Crippen LogP contribution in [-0.2, 0) is 19.9 Å². The van der Waals surface area contributed by atoms with E-state index in [4.69, 9.17) is 11.6 Å². The number of rotatable bonds is 4. The average Bonchev–Trinajstić information content (AvgIpc) is 2.70. The SMILES string of the molecule is Cn1ccnc1CC(O)Cc1c(F)cccc1Cl. The van der Waals surface area contributed by atoms with Gasteiger partial charge in [-0.2, -0.15) is 0 Å². The molecule has 0 saturated heterocycles. The summed E-state index contributed by atoms with van der Waals surface area (Å²) in [5.74, 6) is 0.372. The van der Waals surface area contributed by atoms with Gasteiger partial charge in [0, 0.05) is 42.9 Å². The van der Waals surface area contributed by atoms with E-state index in [9.17, 15) is 9.50 Å². The summed E-state index contributed by atoms with van der Waals surface area (Å²) >= 11 is 5.91. The van der Waals surface area contributed by atoms with Gasteiger partial charge in [0.15, 0.2) is 0 Å². The lowest BCUT2D eigenvalue weighted by molar-refractivity contribution is 0.170. The minimum Gasteiger partial charge on any atom is -0.392 e. The van der Waals surface area contributed by atoms with Crippen LogP contribution in [-0.4, -0.2) is 20.8 Å². The van der Waals surface area contributed by atoms with Crippen LogP contribution in [0.1, 0.15) is 11.4 Å². The van der Waals surface area contributed by atoms with E-state index in [1.165, 1.54) is 6.07 Å². The summed E-state index contributed by atoms with van der Waals surface area (Å²) in [4.78, 5) is 4.12. The van der Waals surface area contributed by atoms with E-state index in [0.29, 0.717) is 17.0 Å². The Hall–Kier alpha value is -1.39. The highest BCUT2D eigenvalue weighted by Gasteiger charge is 2.14. The fourth-order valence-electron chi connectivity index (χ4n) is 1.84. The van der Waals surface area contributed by atoms with Gasteiger partial charge in [0.25, 0.3) is 0 Å². The Morgan fingerprint density at radius 3 is 2.83 bits per heavy atom. The molecule has 0 aliphatic heterocycles. The molecular weight excluding hydrogens is 255 g/mol. The standard InChI is InChI=1S/C13H14ClFN2O/c1-17-6-5-16-13(17)8-9(18)7-10-11(14)3-2-4-12(10)15/h2-6,9,18H,7-8H2,1H3. The van der Waals surface area contributed by atoms with Crippen LogP contribution >= 0.6 is 11.6 Å². The predicted molar refractivity (Wildman–Crippen MR) is 68.0 cm³/mol. The maximum absolute atomic E-state index is 13.6. The van der Waals surface area contributed by atoms with E-state index in [2.05, 4.69) is 4.98 Å². The zero-order valence-corrected chi connectivity index (χ0v) is 10.7. The maximum atomic E-state index is 13.6. The van der Waals surface area contributed by atoms with Crippen molar-refractivity contribution < 1.29 is 9.50 Å². The first kappa shape index (κ1) is 13.1.